The second-order valence-electron chi connectivity index (χ2n) is 7.50. The number of aromatic nitrogens is 5. The summed E-state index contributed by atoms with van der Waals surface area (Å²) < 4.78 is 38.0. The summed E-state index contributed by atoms with van der Waals surface area (Å²) in [5, 5.41) is 5.96. The van der Waals surface area contributed by atoms with Crippen molar-refractivity contribution < 1.29 is 18.3 Å². The monoisotopic (exact) mass is 463 g/mol. The lowest BCUT2D eigenvalue weighted by molar-refractivity contribution is -0.0528. The molecule has 0 aliphatic heterocycles. The largest absolute Gasteiger partial charge is 0.478 e. The van der Waals surface area contributed by atoms with Gasteiger partial charge in [-0.15, -0.1) is 0 Å². The lowest BCUT2D eigenvalue weighted by atomic mass is 10.0. The quantitative estimate of drug-likeness (QED) is 0.373. The van der Waals surface area contributed by atoms with Crippen LogP contribution in [0.1, 0.15) is 6.92 Å². The molecular formula is C24H19F2N5O3. The normalized spacial score (nSPS) is 11.4. The molecular weight excluding hydrogens is 444 g/mol. The predicted molar refractivity (Wildman–Crippen MR) is 123 cm³/mol. The highest BCUT2D eigenvalue weighted by Gasteiger charge is 2.16. The fraction of sp³-hybridized carbons (Fsp3) is 0.167. The number of alkyl halides is 2. The first kappa shape index (κ1) is 21.5. The van der Waals surface area contributed by atoms with Crippen LogP contribution < -0.4 is 15.0 Å². The third kappa shape index (κ3) is 3.94. The van der Waals surface area contributed by atoms with E-state index in [-0.39, 0.29) is 11.4 Å². The molecule has 0 unspecified atom stereocenters. The van der Waals surface area contributed by atoms with Gasteiger partial charge in [-0.2, -0.15) is 18.9 Å². The van der Waals surface area contributed by atoms with Gasteiger partial charge in [0.2, 0.25) is 11.8 Å². The van der Waals surface area contributed by atoms with Gasteiger partial charge in [0.15, 0.2) is 5.65 Å². The second-order valence-corrected chi connectivity index (χ2v) is 7.50. The molecule has 8 nitrogen and oxygen atoms in total. The van der Waals surface area contributed by atoms with E-state index in [0.717, 1.165) is 10.9 Å². The van der Waals surface area contributed by atoms with Crippen molar-refractivity contribution in [2.75, 3.05) is 6.61 Å². The highest BCUT2D eigenvalue weighted by molar-refractivity contribution is 5.88. The van der Waals surface area contributed by atoms with Gasteiger partial charge in [0.05, 0.1) is 24.0 Å². The van der Waals surface area contributed by atoms with Crippen LogP contribution in [-0.2, 0) is 7.05 Å². The highest BCUT2D eigenvalue weighted by Crippen LogP contribution is 2.27. The third-order valence-corrected chi connectivity index (χ3v) is 5.24. The Hall–Kier alpha value is -4.34. The molecule has 34 heavy (non-hydrogen) atoms. The molecule has 5 rings (SSSR count). The van der Waals surface area contributed by atoms with E-state index in [2.05, 4.69) is 19.8 Å². The van der Waals surface area contributed by atoms with Gasteiger partial charge in [-0.25, -0.2) is 4.98 Å². The number of pyridine rings is 3. The molecule has 0 N–H and O–H groups in total. The summed E-state index contributed by atoms with van der Waals surface area (Å²) in [6.07, 6.45) is 3.17. The topological polar surface area (TPSA) is 84.1 Å². The minimum Gasteiger partial charge on any atom is -0.478 e. The molecule has 5 aromatic rings. The molecule has 1 aromatic carbocycles. The van der Waals surface area contributed by atoms with Crippen LogP contribution in [0, 0.1) is 0 Å². The number of fused-ring (bicyclic) bond motifs is 2. The first-order valence-corrected chi connectivity index (χ1v) is 10.5. The third-order valence-electron chi connectivity index (χ3n) is 5.24. The van der Waals surface area contributed by atoms with Crippen molar-refractivity contribution in [3.05, 3.63) is 71.3 Å². The van der Waals surface area contributed by atoms with E-state index < -0.39 is 6.61 Å². The van der Waals surface area contributed by atoms with Gasteiger partial charge < -0.3 is 9.47 Å². The molecule has 10 heteroatoms. The van der Waals surface area contributed by atoms with Gasteiger partial charge >= 0.3 is 6.61 Å². The summed E-state index contributed by atoms with van der Waals surface area (Å²) in [6, 6.07) is 13.7. The number of benzene rings is 1. The number of halogens is 2. The van der Waals surface area contributed by atoms with Crippen molar-refractivity contribution in [1.82, 2.24) is 24.3 Å². The Labute approximate surface area is 192 Å². The molecule has 0 aliphatic rings. The Morgan fingerprint density at radius 3 is 2.59 bits per heavy atom. The summed E-state index contributed by atoms with van der Waals surface area (Å²) >= 11 is 0. The van der Waals surface area contributed by atoms with E-state index in [1.807, 2.05) is 44.4 Å². The van der Waals surface area contributed by atoms with Gasteiger partial charge in [-0.3, -0.25) is 14.0 Å². The molecule has 0 bridgehead atoms. The van der Waals surface area contributed by atoms with Crippen molar-refractivity contribution in [2.24, 2.45) is 7.05 Å². The van der Waals surface area contributed by atoms with Crippen LogP contribution in [0.5, 0.6) is 11.8 Å². The van der Waals surface area contributed by atoms with Crippen LogP contribution in [-0.4, -0.2) is 37.5 Å². The van der Waals surface area contributed by atoms with Gasteiger partial charge in [0, 0.05) is 41.7 Å². The summed E-state index contributed by atoms with van der Waals surface area (Å²) in [7, 11) is 1.83. The van der Waals surface area contributed by atoms with Gasteiger partial charge in [-0.05, 0) is 42.8 Å². The van der Waals surface area contributed by atoms with Crippen molar-refractivity contribution >= 4 is 21.9 Å². The smallest absolute Gasteiger partial charge is 0.388 e. The average molecular weight is 463 g/mol. The lowest BCUT2D eigenvalue weighted by Crippen LogP contribution is -2.21. The van der Waals surface area contributed by atoms with Gasteiger partial charge in [0.25, 0.3) is 5.56 Å². The molecule has 0 saturated heterocycles. The minimum absolute atomic E-state index is 0.253. The molecule has 0 atom stereocenters. The number of ether oxygens (including phenoxy) is 2. The van der Waals surface area contributed by atoms with Gasteiger partial charge in [0.1, 0.15) is 0 Å². The van der Waals surface area contributed by atoms with Crippen LogP contribution in [0.3, 0.4) is 0 Å². The summed E-state index contributed by atoms with van der Waals surface area (Å²) in [6.45, 7) is -0.752. The number of hydrogen-bond donors (Lipinski definition) is 0. The standard InChI is InChI=1S/C24H19F2N5O3/c1-3-33-21-8-5-15-11-18(14-4-7-19-16(10-14)13-30(2)29-19)23(32)31(22(15)28-21)17-6-9-20(27-12-17)34-24(25)26/h4-13,24H,3H2,1-2H3. The molecule has 0 amide bonds. The predicted octanol–water partition coefficient (Wildman–Crippen LogP) is 4.33. The van der Waals surface area contributed by atoms with Crippen LogP contribution >= 0.6 is 0 Å². The van der Waals surface area contributed by atoms with Crippen LogP contribution in [0.2, 0.25) is 0 Å². The second kappa shape index (κ2) is 8.54. The first-order chi connectivity index (χ1) is 16.4. The zero-order valence-electron chi connectivity index (χ0n) is 18.3. The van der Waals surface area contributed by atoms with Crippen molar-refractivity contribution in [3.63, 3.8) is 0 Å². The molecule has 0 aliphatic carbocycles. The molecule has 0 radical (unpaired) electrons. The van der Waals surface area contributed by atoms with Crippen LogP contribution in [0.25, 0.3) is 38.8 Å². The van der Waals surface area contributed by atoms with E-state index in [4.69, 9.17) is 4.74 Å². The van der Waals surface area contributed by atoms with E-state index >= 15 is 0 Å². The Bertz CT molecular complexity index is 1560. The first-order valence-electron chi connectivity index (χ1n) is 10.5. The van der Waals surface area contributed by atoms with E-state index in [1.165, 1.54) is 22.9 Å². The molecule has 0 fully saturated rings. The Kier molecular flexibility index (Phi) is 5.40. The maximum atomic E-state index is 13.7. The lowest BCUT2D eigenvalue weighted by Gasteiger charge is -2.14. The Morgan fingerprint density at radius 1 is 1.03 bits per heavy atom. The highest BCUT2D eigenvalue weighted by atomic mass is 19.3. The fourth-order valence-electron chi connectivity index (χ4n) is 3.82. The molecule has 0 spiro atoms. The summed E-state index contributed by atoms with van der Waals surface area (Å²) in [4.78, 5) is 22.2. The fourth-order valence-corrected chi connectivity index (χ4v) is 3.82. The minimum atomic E-state index is -3.00. The molecule has 0 saturated carbocycles. The van der Waals surface area contributed by atoms with Crippen LogP contribution in [0.4, 0.5) is 8.78 Å². The molecule has 4 aromatic heterocycles. The number of nitrogens with zero attached hydrogens (tertiary/aromatic N) is 5. The van der Waals surface area contributed by atoms with Crippen molar-refractivity contribution in [3.8, 4) is 28.6 Å². The Balaban J connectivity index is 1.74. The summed E-state index contributed by atoms with van der Waals surface area (Å²) in [5.41, 5.74) is 2.32. The van der Waals surface area contributed by atoms with Crippen molar-refractivity contribution in [2.45, 2.75) is 13.5 Å². The number of hydrogen-bond acceptors (Lipinski definition) is 6. The van der Waals surface area contributed by atoms with E-state index in [9.17, 15) is 13.6 Å². The average Bonchev–Trinajstić information content (AvgIpc) is 3.18. The zero-order chi connectivity index (χ0) is 23.8. The maximum Gasteiger partial charge on any atom is 0.388 e. The number of rotatable bonds is 6. The zero-order valence-corrected chi connectivity index (χ0v) is 18.3. The van der Waals surface area contributed by atoms with Crippen LogP contribution in [0.15, 0.2) is 65.7 Å². The number of aryl methyl sites for hydroxylation is 1. The molecule has 4 heterocycles. The summed E-state index contributed by atoms with van der Waals surface area (Å²) in [5.74, 6) is 0.107. The SMILES string of the molecule is CCOc1ccc2cc(-c3ccc4nn(C)cc4c3)c(=O)n(-c3ccc(OC(F)F)nc3)c2n1. The van der Waals surface area contributed by atoms with E-state index in [1.54, 1.807) is 16.8 Å². The van der Waals surface area contributed by atoms with E-state index in [0.29, 0.717) is 40.3 Å². The van der Waals surface area contributed by atoms with Gasteiger partial charge in [-0.1, -0.05) is 6.07 Å². The Morgan fingerprint density at radius 2 is 1.85 bits per heavy atom. The van der Waals surface area contributed by atoms with Crippen molar-refractivity contribution in [1.29, 1.82) is 0 Å². The molecule has 172 valence electrons. The maximum absolute atomic E-state index is 13.7.